The fourth-order valence-electron chi connectivity index (χ4n) is 2.20. The summed E-state index contributed by atoms with van der Waals surface area (Å²) < 4.78 is 5.14. The Labute approximate surface area is 159 Å². The Morgan fingerprint density at radius 3 is 2.19 bits per heavy atom. The van der Waals surface area contributed by atoms with Crippen LogP contribution in [-0.4, -0.2) is 29.1 Å². The highest BCUT2D eigenvalue weighted by atomic mass is 16.5. The van der Waals surface area contributed by atoms with E-state index in [1.54, 1.807) is 30.3 Å². The van der Waals surface area contributed by atoms with Gasteiger partial charge in [0.05, 0.1) is 12.2 Å². The highest BCUT2D eigenvalue weighted by Gasteiger charge is 2.19. The molecule has 0 spiro atoms. The van der Waals surface area contributed by atoms with E-state index in [9.17, 15) is 9.59 Å². The van der Waals surface area contributed by atoms with Gasteiger partial charge in [-0.25, -0.2) is 0 Å². The molecule has 1 heterocycles. The van der Waals surface area contributed by atoms with E-state index in [1.807, 2.05) is 41.5 Å². The third kappa shape index (κ3) is 6.44. The van der Waals surface area contributed by atoms with Crippen LogP contribution >= 0.6 is 0 Å². The van der Waals surface area contributed by atoms with Gasteiger partial charge in [-0.15, -0.1) is 0 Å². The first kappa shape index (κ1) is 20.5. The Kier molecular flexibility index (Phi) is 5.93. The first-order valence-electron chi connectivity index (χ1n) is 8.87. The van der Waals surface area contributed by atoms with Gasteiger partial charge in [-0.3, -0.25) is 14.9 Å². The van der Waals surface area contributed by atoms with Crippen LogP contribution in [0.2, 0.25) is 0 Å². The highest BCUT2D eigenvalue weighted by Crippen LogP contribution is 2.23. The third-order valence-electron chi connectivity index (χ3n) is 3.63. The van der Waals surface area contributed by atoms with Gasteiger partial charge in [0.1, 0.15) is 0 Å². The number of aromatic nitrogens is 1. The molecule has 0 aliphatic rings. The molecule has 3 N–H and O–H groups in total. The Bertz CT molecular complexity index is 796. The molecule has 2 aromatic rings. The smallest absolute Gasteiger partial charge is 0.251 e. The Morgan fingerprint density at radius 1 is 1.04 bits per heavy atom. The Morgan fingerprint density at radius 2 is 1.67 bits per heavy atom. The molecular weight excluding hydrogens is 344 g/mol. The molecule has 1 aromatic heterocycles. The van der Waals surface area contributed by atoms with Gasteiger partial charge in [-0.1, -0.05) is 25.9 Å². The van der Waals surface area contributed by atoms with Gasteiger partial charge in [0, 0.05) is 28.3 Å². The van der Waals surface area contributed by atoms with E-state index < -0.39 is 0 Å². The van der Waals surface area contributed by atoms with Gasteiger partial charge >= 0.3 is 0 Å². The Hall–Kier alpha value is -2.83. The molecule has 0 saturated heterocycles. The lowest BCUT2D eigenvalue weighted by atomic mass is 9.92. The molecule has 0 saturated carbocycles. The van der Waals surface area contributed by atoms with E-state index in [4.69, 9.17) is 4.52 Å². The minimum absolute atomic E-state index is 0.0685. The molecule has 1 aromatic carbocycles. The molecule has 0 aliphatic heterocycles. The van der Waals surface area contributed by atoms with E-state index in [0.29, 0.717) is 11.4 Å². The lowest BCUT2D eigenvalue weighted by Gasteiger charge is -2.20. The third-order valence-corrected chi connectivity index (χ3v) is 3.63. The van der Waals surface area contributed by atoms with E-state index in [-0.39, 0.29) is 29.3 Å². The molecule has 0 unspecified atom stereocenters. The number of carbonyl (C=O) groups is 2. The predicted molar refractivity (Wildman–Crippen MR) is 106 cm³/mol. The summed E-state index contributed by atoms with van der Waals surface area (Å²) >= 11 is 0. The van der Waals surface area contributed by atoms with Crippen molar-refractivity contribution in [1.82, 2.24) is 10.5 Å². The van der Waals surface area contributed by atoms with Crippen LogP contribution in [0.4, 0.5) is 11.6 Å². The van der Waals surface area contributed by atoms with Crippen molar-refractivity contribution in [3.63, 3.8) is 0 Å². The molecule has 0 bridgehead atoms. The minimum Gasteiger partial charge on any atom is -0.376 e. The van der Waals surface area contributed by atoms with Gasteiger partial charge in [-0.05, 0) is 45.0 Å². The second-order valence-corrected chi connectivity index (χ2v) is 8.51. The van der Waals surface area contributed by atoms with Gasteiger partial charge < -0.3 is 15.2 Å². The number of hydrogen-bond acceptors (Lipinski definition) is 5. The van der Waals surface area contributed by atoms with Crippen molar-refractivity contribution >= 4 is 23.4 Å². The van der Waals surface area contributed by atoms with Crippen molar-refractivity contribution in [2.75, 3.05) is 17.2 Å². The number of benzene rings is 1. The van der Waals surface area contributed by atoms with E-state index in [1.165, 1.54) is 0 Å². The SMILES string of the molecule is CC(C)(C)NC(=O)c1ccc(NCC(=O)Nc2cc(C(C)(C)C)no2)cc1. The van der Waals surface area contributed by atoms with Crippen LogP contribution in [0.15, 0.2) is 34.9 Å². The monoisotopic (exact) mass is 372 g/mol. The number of rotatable bonds is 5. The van der Waals surface area contributed by atoms with Gasteiger partial charge in [0.25, 0.3) is 5.91 Å². The zero-order valence-corrected chi connectivity index (χ0v) is 16.8. The maximum absolute atomic E-state index is 12.1. The molecule has 0 aliphatic carbocycles. The van der Waals surface area contributed by atoms with E-state index >= 15 is 0 Å². The van der Waals surface area contributed by atoms with Crippen molar-refractivity contribution < 1.29 is 14.1 Å². The van der Waals surface area contributed by atoms with Crippen LogP contribution < -0.4 is 16.0 Å². The topological polar surface area (TPSA) is 96.3 Å². The van der Waals surface area contributed by atoms with Crippen LogP contribution in [0.25, 0.3) is 0 Å². The molecule has 7 heteroatoms. The summed E-state index contributed by atoms with van der Waals surface area (Å²) in [5.74, 6) is -0.0612. The van der Waals surface area contributed by atoms with Gasteiger partial charge in [-0.2, -0.15) is 0 Å². The summed E-state index contributed by atoms with van der Waals surface area (Å²) in [6, 6.07) is 8.68. The first-order valence-corrected chi connectivity index (χ1v) is 8.87. The zero-order valence-electron chi connectivity index (χ0n) is 16.8. The molecule has 0 radical (unpaired) electrons. The quantitative estimate of drug-likeness (QED) is 0.746. The standard InChI is InChI=1S/C20H28N4O3/c1-19(2,3)15-11-17(27-24-15)22-16(25)12-21-14-9-7-13(8-10-14)18(26)23-20(4,5)6/h7-11,21H,12H2,1-6H3,(H,22,25)(H,23,26). The van der Waals surface area contributed by atoms with Crippen LogP contribution in [0.5, 0.6) is 0 Å². The second-order valence-electron chi connectivity index (χ2n) is 8.51. The average Bonchev–Trinajstić information content (AvgIpc) is 3.00. The molecule has 2 amide bonds. The summed E-state index contributed by atoms with van der Waals surface area (Å²) in [4.78, 5) is 24.2. The maximum atomic E-state index is 12.1. The van der Waals surface area contributed by atoms with Crippen molar-refractivity contribution in [3.8, 4) is 0 Å². The fraction of sp³-hybridized carbons (Fsp3) is 0.450. The lowest BCUT2D eigenvalue weighted by molar-refractivity contribution is -0.114. The Balaban J connectivity index is 1.86. The molecule has 0 fully saturated rings. The van der Waals surface area contributed by atoms with Crippen molar-refractivity contribution in [2.24, 2.45) is 0 Å². The first-order chi connectivity index (χ1) is 12.4. The predicted octanol–water partition coefficient (Wildman–Crippen LogP) is 3.55. The van der Waals surface area contributed by atoms with Crippen molar-refractivity contribution in [1.29, 1.82) is 0 Å². The van der Waals surface area contributed by atoms with Crippen LogP contribution in [0.3, 0.4) is 0 Å². The van der Waals surface area contributed by atoms with Crippen LogP contribution in [0, 0.1) is 0 Å². The molecular formula is C20H28N4O3. The number of carbonyl (C=O) groups excluding carboxylic acids is 2. The normalized spacial score (nSPS) is 11.8. The number of anilines is 2. The summed E-state index contributed by atoms with van der Waals surface area (Å²) in [7, 11) is 0. The molecule has 7 nitrogen and oxygen atoms in total. The molecule has 27 heavy (non-hydrogen) atoms. The largest absolute Gasteiger partial charge is 0.376 e. The average molecular weight is 372 g/mol. The molecule has 0 atom stereocenters. The number of amides is 2. The summed E-state index contributed by atoms with van der Waals surface area (Å²) in [5.41, 5.74) is 1.64. The van der Waals surface area contributed by atoms with Crippen LogP contribution in [-0.2, 0) is 10.2 Å². The number of nitrogens with zero attached hydrogens (tertiary/aromatic N) is 1. The maximum Gasteiger partial charge on any atom is 0.251 e. The van der Waals surface area contributed by atoms with Crippen molar-refractivity contribution in [3.05, 3.63) is 41.6 Å². The number of nitrogens with one attached hydrogen (secondary N) is 3. The van der Waals surface area contributed by atoms with Crippen LogP contribution in [0.1, 0.15) is 57.6 Å². The fourth-order valence-corrected chi connectivity index (χ4v) is 2.20. The van der Waals surface area contributed by atoms with E-state index in [2.05, 4.69) is 21.1 Å². The van der Waals surface area contributed by atoms with Gasteiger partial charge in [0.15, 0.2) is 0 Å². The minimum atomic E-state index is -0.292. The van der Waals surface area contributed by atoms with E-state index in [0.717, 1.165) is 11.4 Å². The summed E-state index contributed by atoms with van der Waals surface area (Å²) in [6.07, 6.45) is 0. The van der Waals surface area contributed by atoms with Crippen molar-refractivity contribution in [2.45, 2.75) is 52.5 Å². The second kappa shape index (κ2) is 7.82. The van der Waals surface area contributed by atoms with Gasteiger partial charge in [0.2, 0.25) is 11.8 Å². The summed E-state index contributed by atoms with van der Waals surface area (Å²) in [5, 5.41) is 12.5. The summed E-state index contributed by atoms with van der Waals surface area (Å²) in [6.45, 7) is 11.9. The lowest BCUT2D eigenvalue weighted by Crippen LogP contribution is -2.40. The molecule has 146 valence electrons. The highest BCUT2D eigenvalue weighted by molar-refractivity contribution is 5.95. The number of hydrogen-bond donors (Lipinski definition) is 3. The molecule has 2 rings (SSSR count). The zero-order chi connectivity index (χ0) is 20.2.